The normalized spacial score (nSPS) is 11.6. The van der Waals surface area contributed by atoms with E-state index in [9.17, 15) is 0 Å². The van der Waals surface area contributed by atoms with E-state index in [4.69, 9.17) is 0 Å². The van der Waals surface area contributed by atoms with Crippen LogP contribution in [-0.4, -0.2) is 0 Å². The topological polar surface area (TPSA) is 3.24 Å². The lowest BCUT2D eigenvalue weighted by molar-refractivity contribution is 0.794. The lowest BCUT2D eigenvalue weighted by Gasteiger charge is -2.31. The van der Waals surface area contributed by atoms with Gasteiger partial charge in [0.2, 0.25) is 0 Å². The third-order valence-corrected chi connectivity index (χ3v) is 14.0. The maximum Gasteiger partial charge on any atom is 0.0725 e. The van der Waals surface area contributed by atoms with Crippen molar-refractivity contribution in [2.45, 2.75) is 53.9 Å². The molecule has 1 nitrogen and oxygen atoms in total. The maximum absolute atomic E-state index is 2.46. The number of nitrogens with zero attached hydrogens (tertiary/aromatic N) is 1. The molecule has 11 aromatic rings. The van der Waals surface area contributed by atoms with Crippen molar-refractivity contribution in [1.82, 2.24) is 0 Å². The Hall–Kier alpha value is -8.52. The molecule has 0 aliphatic heterocycles. The summed E-state index contributed by atoms with van der Waals surface area (Å²) in [6, 6.07) is 96.1. The second-order valence-corrected chi connectivity index (χ2v) is 18.7. The van der Waals surface area contributed by atoms with Crippen LogP contribution >= 0.6 is 0 Å². The van der Waals surface area contributed by atoms with Crippen LogP contribution < -0.4 is 4.90 Å². The molecular weight excluding hydrogens is 879 g/mol. The zero-order chi connectivity index (χ0) is 50.7. The van der Waals surface area contributed by atoms with Crippen LogP contribution in [0.4, 0.5) is 17.1 Å². The van der Waals surface area contributed by atoms with E-state index in [1.54, 1.807) is 0 Å². The number of hydrogen-bond donors (Lipinski definition) is 0. The molecule has 2 aliphatic rings. The van der Waals surface area contributed by atoms with E-state index in [1.807, 2.05) is 68.4 Å². The molecule has 73 heavy (non-hydrogen) atoms. The second-order valence-electron chi connectivity index (χ2n) is 18.7. The summed E-state index contributed by atoms with van der Waals surface area (Å²) in [6.07, 6.45) is 0. The molecule has 0 bridgehead atoms. The summed E-state index contributed by atoms with van der Waals surface area (Å²) in [4.78, 5) is 2.46. The van der Waals surface area contributed by atoms with Gasteiger partial charge < -0.3 is 4.90 Å². The molecule has 1 spiro atoms. The summed E-state index contributed by atoms with van der Waals surface area (Å²) in [7, 11) is 0. The summed E-state index contributed by atoms with van der Waals surface area (Å²) in [5.41, 5.74) is 22.9. The highest BCUT2D eigenvalue weighted by molar-refractivity contribution is 6.01. The van der Waals surface area contributed by atoms with E-state index >= 15 is 0 Å². The predicted octanol–water partition coefficient (Wildman–Crippen LogP) is 19.9. The lowest BCUT2D eigenvalue weighted by atomic mass is 9.70. The molecule has 0 atom stereocenters. The molecule has 0 aromatic heterocycles. The van der Waals surface area contributed by atoms with Crippen LogP contribution in [0.1, 0.15) is 63.9 Å². The van der Waals surface area contributed by atoms with Gasteiger partial charge in [0.1, 0.15) is 0 Å². The number of rotatable bonds is 4. The Kier molecular flexibility index (Phi) is 15.4. The number of fused-ring (bicyclic) bond motifs is 11. The number of anilines is 3. The van der Waals surface area contributed by atoms with Crippen LogP contribution in [-0.2, 0) is 5.41 Å². The minimum Gasteiger partial charge on any atom is -0.310 e. The third kappa shape index (κ3) is 10.1. The second kappa shape index (κ2) is 22.7. The van der Waals surface area contributed by atoms with Gasteiger partial charge in [-0.2, -0.15) is 0 Å². The first kappa shape index (κ1) is 49.5. The molecule has 0 fully saturated rings. The molecule has 1 heteroatoms. The van der Waals surface area contributed by atoms with Crippen LogP contribution in [0.2, 0.25) is 0 Å². The van der Waals surface area contributed by atoms with Crippen molar-refractivity contribution in [3.63, 3.8) is 0 Å². The zero-order valence-electron chi connectivity index (χ0n) is 43.4. The van der Waals surface area contributed by atoms with Crippen molar-refractivity contribution in [3.05, 3.63) is 317 Å². The van der Waals surface area contributed by atoms with Crippen molar-refractivity contribution >= 4 is 27.8 Å². The van der Waals surface area contributed by atoms with Gasteiger partial charge in [-0.1, -0.05) is 267 Å². The molecule has 0 radical (unpaired) electrons. The zero-order valence-corrected chi connectivity index (χ0v) is 43.4. The molecule has 0 heterocycles. The molecule has 0 amide bonds. The SMILES string of the molecule is CC.Cc1ccccc1.Cc1ccccc1.Cc1ccccc1.Cc1ccccc1-c1ccc(N(c2ccc3c(c2)-c2ccccc2C32c3ccccc3-c3ccccc32)c2cccc3ccccc23)cc1C. The standard InChI is InChI=1S/C49H35N.3C7H8.C2H6/c1-32-14-3-5-17-37(32)38-28-26-35(30-33(38)2)50(48-25-13-16-34-15-4-6-18-39(34)48)36-27-29-47-43(31-36)42-21-9-12-24-46(42)49(47)44-22-10-7-19-40(44)41-20-8-11-23-45(41)49;3*1-7-5-3-2-4-6-7;1-2/h3-31H,1-2H3;3*2-6H,1H3;1-2H3. The Bertz CT molecular complexity index is 3450. The minimum atomic E-state index is -0.353. The maximum atomic E-state index is 2.46. The Morgan fingerprint density at radius 1 is 0.274 bits per heavy atom. The van der Waals surface area contributed by atoms with Gasteiger partial charge in [0, 0.05) is 16.8 Å². The molecule has 358 valence electrons. The molecular formula is C72H65N. The first-order valence-electron chi connectivity index (χ1n) is 25.8. The summed E-state index contributed by atoms with van der Waals surface area (Å²) >= 11 is 0. The molecule has 2 aliphatic carbocycles. The van der Waals surface area contributed by atoms with Crippen LogP contribution in [0.5, 0.6) is 0 Å². The lowest BCUT2D eigenvalue weighted by Crippen LogP contribution is -2.25. The van der Waals surface area contributed by atoms with Gasteiger partial charge in [0.15, 0.2) is 0 Å². The molecule has 13 rings (SSSR count). The molecule has 0 saturated carbocycles. The van der Waals surface area contributed by atoms with E-state index in [2.05, 4.69) is 252 Å². The largest absolute Gasteiger partial charge is 0.310 e. The van der Waals surface area contributed by atoms with Crippen molar-refractivity contribution < 1.29 is 0 Å². The highest BCUT2D eigenvalue weighted by Crippen LogP contribution is 2.63. The fourth-order valence-corrected chi connectivity index (χ4v) is 10.6. The summed E-state index contributed by atoms with van der Waals surface area (Å²) in [5.74, 6) is 0. The van der Waals surface area contributed by atoms with Gasteiger partial charge in [-0.3, -0.25) is 0 Å². The monoisotopic (exact) mass is 944 g/mol. The highest BCUT2D eigenvalue weighted by atomic mass is 15.1. The summed E-state index contributed by atoms with van der Waals surface area (Å²) in [6.45, 7) is 14.7. The fraction of sp³-hybridized carbons (Fsp3) is 0.111. The Morgan fingerprint density at radius 3 is 1.15 bits per heavy atom. The fourth-order valence-electron chi connectivity index (χ4n) is 10.6. The van der Waals surface area contributed by atoms with Crippen LogP contribution in [0.25, 0.3) is 44.2 Å². The highest BCUT2D eigenvalue weighted by Gasteiger charge is 2.51. The number of aryl methyl sites for hydroxylation is 5. The number of hydrogen-bond acceptors (Lipinski definition) is 1. The Morgan fingerprint density at radius 2 is 0.658 bits per heavy atom. The van der Waals surface area contributed by atoms with Gasteiger partial charge in [-0.15, -0.1) is 0 Å². The van der Waals surface area contributed by atoms with E-state index in [0.717, 1.165) is 11.4 Å². The summed E-state index contributed by atoms with van der Waals surface area (Å²) < 4.78 is 0. The van der Waals surface area contributed by atoms with E-state index in [0.29, 0.717) is 0 Å². The third-order valence-electron chi connectivity index (χ3n) is 14.0. The Labute approximate surface area is 434 Å². The van der Waals surface area contributed by atoms with E-state index in [-0.39, 0.29) is 5.41 Å². The first-order valence-corrected chi connectivity index (χ1v) is 25.8. The quantitative estimate of drug-likeness (QED) is 0.170. The molecule has 0 N–H and O–H groups in total. The van der Waals surface area contributed by atoms with Crippen molar-refractivity contribution in [2.75, 3.05) is 4.90 Å². The van der Waals surface area contributed by atoms with Gasteiger partial charge in [0.25, 0.3) is 0 Å². The van der Waals surface area contributed by atoms with Crippen molar-refractivity contribution in [3.8, 4) is 33.4 Å². The molecule has 0 saturated heterocycles. The smallest absolute Gasteiger partial charge is 0.0725 e. The first-order chi connectivity index (χ1) is 35.8. The summed E-state index contributed by atoms with van der Waals surface area (Å²) in [5, 5.41) is 2.46. The Balaban J connectivity index is 0.000000235. The van der Waals surface area contributed by atoms with Crippen molar-refractivity contribution in [2.24, 2.45) is 0 Å². The average Bonchev–Trinajstić information content (AvgIpc) is 3.90. The van der Waals surface area contributed by atoms with Crippen molar-refractivity contribution in [1.29, 1.82) is 0 Å². The van der Waals surface area contributed by atoms with Gasteiger partial charge in [-0.25, -0.2) is 0 Å². The van der Waals surface area contributed by atoms with E-state index < -0.39 is 0 Å². The van der Waals surface area contributed by atoms with Gasteiger partial charge in [-0.05, 0) is 137 Å². The average molecular weight is 944 g/mol. The molecule has 0 unspecified atom stereocenters. The van der Waals surface area contributed by atoms with Gasteiger partial charge >= 0.3 is 0 Å². The van der Waals surface area contributed by atoms with E-state index in [1.165, 1.54) is 99.9 Å². The molecule has 11 aromatic carbocycles. The predicted molar refractivity (Wildman–Crippen MR) is 315 cm³/mol. The van der Waals surface area contributed by atoms with Crippen LogP contribution in [0.15, 0.2) is 267 Å². The number of benzene rings is 11. The minimum absolute atomic E-state index is 0.353. The van der Waals surface area contributed by atoms with Crippen LogP contribution in [0, 0.1) is 34.6 Å². The van der Waals surface area contributed by atoms with Crippen LogP contribution in [0.3, 0.4) is 0 Å². The van der Waals surface area contributed by atoms with Gasteiger partial charge in [0.05, 0.1) is 11.1 Å².